The monoisotopic (exact) mass is 288 g/mol. The Balaban J connectivity index is 2.47. The van der Waals surface area contributed by atoms with Crippen LogP contribution in [0.4, 0.5) is 0 Å². The summed E-state index contributed by atoms with van der Waals surface area (Å²) in [6.07, 6.45) is 0. The third-order valence-electron chi connectivity index (χ3n) is 2.75. The Kier molecular flexibility index (Phi) is 4.24. The molecule has 6 heteroatoms. The van der Waals surface area contributed by atoms with Crippen LogP contribution in [0.15, 0.2) is 39.5 Å². The van der Waals surface area contributed by atoms with E-state index in [9.17, 15) is 0 Å². The first-order valence-electron chi connectivity index (χ1n) is 6.09. The minimum Gasteiger partial charge on any atom is -0.409 e. The number of rotatable bonds is 3. The van der Waals surface area contributed by atoms with E-state index in [4.69, 9.17) is 10.9 Å². The van der Waals surface area contributed by atoms with Gasteiger partial charge in [-0.05, 0) is 50.2 Å². The van der Waals surface area contributed by atoms with Crippen molar-refractivity contribution in [3.8, 4) is 0 Å². The molecule has 104 valence electrons. The number of amidine groups is 1. The summed E-state index contributed by atoms with van der Waals surface area (Å²) in [5.41, 5.74) is 9.26. The second-order valence-corrected chi connectivity index (χ2v) is 5.45. The zero-order chi connectivity index (χ0) is 14.7. The van der Waals surface area contributed by atoms with Crippen LogP contribution in [-0.2, 0) is 0 Å². The molecule has 0 spiro atoms. The third kappa shape index (κ3) is 3.08. The summed E-state index contributed by atoms with van der Waals surface area (Å²) in [7, 11) is 0. The molecule has 0 saturated carbocycles. The first kappa shape index (κ1) is 14.3. The van der Waals surface area contributed by atoms with Gasteiger partial charge in [-0.15, -0.1) is 0 Å². The van der Waals surface area contributed by atoms with E-state index in [0.717, 1.165) is 21.8 Å². The van der Waals surface area contributed by atoms with Gasteiger partial charge in [-0.2, -0.15) is 0 Å². The Morgan fingerprint density at radius 3 is 2.45 bits per heavy atom. The molecule has 0 bridgehead atoms. The Morgan fingerprint density at radius 1 is 1.20 bits per heavy atom. The van der Waals surface area contributed by atoms with Gasteiger partial charge in [-0.1, -0.05) is 17.3 Å². The van der Waals surface area contributed by atoms with E-state index >= 15 is 0 Å². The van der Waals surface area contributed by atoms with Crippen molar-refractivity contribution in [3.63, 3.8) is 0 Å². The van der Waals surface area contributed by atoms with Crippen molar-refractivity contribution in [2.24, 2.45) is 10.9 Å². The summed E-state index contributed by atoms with van der Waals surface area (Å²) in [4.78, 5) is 9.71. The Labute approximate surface area is 121 Å². The van der Waals surface area contributed by atoms with E-state index in [1.165, 1.54) is 11.8 Å². The second-order valence-electron chi connectivity index (χ2n) is 4.47. The number of benzene rings is 1. The van der Waals surface area contributed by atoms with Crippen molar-refractivity contribution < 1.29 is 5.21 Å². The maximum atomic E-state index is 8.88. The predicted octanol–water partition coefficient (Wildman–Crippen LogP) is 2.65. The van der Waals surface area contributed by atoms with Crippen LogP contribution in [0.25, 0.3) is 0 Å². The van der Waals surface area contributed by atoms with E-state index < -0.39 is 0 Å². The van der Waals surface area contributed by atoms with Crippen LogP contribution in [0.2, 0.25) is 0 Å². The number of aryl methyl sites for hydroxylation is 3. The van der Waals surface area contributed by atoms with Crippen molar-refractivity contribution in [1.82, 2.24) is 9.97 Å². The summed E-state index contributed by atoms with van der Waals surface area (Å²) in [6, 6.07) is 7.58. The summed E-state index contributed by atoms with van der Waals surface area (Å²) in [6.45, 7) is 5.83. The van der Waals surface area contributed by atoms with Crippen LogP contribution in [0, 0.1) is 20.8 Å². The molecule has 1 aromatic heterocycles. The van der Waals surface area contributed by atoms with Gasteiger partial charge in [0.25, 0.3) is 0 Å². The molecule has 0 aliphatic carbocycles. The quantitative estimate of drug-likeness (QED) is 0.298. The van der Waals surface area contributed by atoms with Crippen molar-refractivity contribution in [1.29, 1.82) is 0 Å². The first-order valence-corrected chi connectivity index (χ1v) is 6.90. The van der Waals surface area contributed by atoms with E-state index in [2.05, 4.69) is 15.1 Å². The molecule has 2 aromatic rings. The van der Waals surface area contributed by atoms with Gasteiger partial charge < -0.3 is 10.9 Å². The molecular formula is C14H16N4OS. The summed E-state index contributed by atoms with van der Waals surface area (Å²) in [5.74, 6) is 0.0839. The van der Waals surface area contributed by atoms with E-state index in [1.807, 2.05) is 45.0 Å². The molecule has 1 heterocycles. The van der Waals surface area contributed by atoms with Crippen molar-refractivity contribution in [3.05, 3.63) is 46.8 Å². The van der Waals surface area contributed by atoms with Crippen LogP contribution in [-0.4, -0.2) is 21.0 Å². The maximum absolute atomic E-state index is 8.88. The molecule has 20 heavy (non-hydrogen) atoms. The number of nitrogens with two attached hydrogens (primary N) is 1. The van der Waals surface area contributed by atoms with Crippen LogP contribution < -0.4 is 5.73 Å². The summed E-state index contributed by atoms with van der Waals surface area (Å²) >= 11 is 1.42. The molecular weight excluding hydrogens is 272 g/mol. The van der Waals surface area contributed by atoms with E-state index in [1.54, 1.807) is 0 Å². The molecule has 0 atom stereocenters. The number of oxime groups is 1. The standard InChI is InChI=1S/C14H16N4OS/c1-8-5-4-6-11(13(15)18-19)12(8)20-14-16-9(2)7-10(3)17-14/h4-7,19H,1-3H3,(H2,15,18). The first-order chi connectivity index (χ1) is 9.51. The predicted molar refractivity (Wildman–Crippen MR) is 79.3 cm³/mol. The average Bonchev–Trinajstić information content (AvgIpc) is 2.39. The summed E-state index contributed by atoms with van der Waals surface area (Å²) < 4.78 is 0. The van der Waals surface area contributed by atoms with Gasteiger partial charge in [-0.3, -0.25) is 0 Å². The lowest BCUT2D eigenvalue weighted by atomic mass is 10.1. The highest BCUT2D eigenvalue weighted by atomic mass is 32.2. The molecule has 5 nitrogen and oxygen atoms in total. The largest absolute Gasteiger partial charge is 0.409 e. The smallest absolute Gasteiger partial charge is 0.192 e. The maximum Gasteiger partial charge on any atom is 0.192 e. The zero-order valence-electron chi connectivity index (χ0n) is 11.6. The fourth-order valence-electron chi connectivity index (χ4n) is 1.87. The molecule has 2 rings (SSSR count). The zero-order valence-corrected chi connectivity index (χ0v) is 12.4. The highest BCUT2D eigenvalue weighted by Gasteiger charge is 2.13. The molecule has 0 saturated heterocycles. The lowest BCUT2D eigenvalue weighted by molar-refractivity contribution is 0.318. The van der Waals surface area contributed by atoms with Gasteiger partial charge in [0.15, 0.2) is 11.0 Å². The highest BCUT2D eigenvalue weighted by molar-refractivity contribution is 7.99. The Morgan fingerprint density at radius 2 is 1.85 bits per heavy atom. The number of hydrogen-bond donors (Lipinski definition) is 2. The van der Waals surface area contributed by atoms with Crippen molar-refractivity contribution >= 4 is 17.6 Å². The van der Waals surface area contributed by atoms with Crippen LogP contribution in [0.1, 0.15) is 22.5 Å². The molecule has 0 fully saturated rings. The fraction of sp³-hybridized carbons (Fsp3) is 0.214. The number of aromatic nitrogens is 2. The Bertz CT molecular complexity index is 650. The van der Waals surface area contributed by atoms with Crippen LogP contribution in [0.3, 0.4) is 0 Å². The minimum atomic E-state index is 0.0839. The molecule has 0 unspecified atom stereocenters. The van der Waals surface area contributed by atoms with Gasteiger partial charge in [-0.25, -0.2) is 9.97 Å². The molecule has 0 aliphatic heterocycles. The van der Waals surface area contributed by atoms with E-state index in [-0.39, 0.29) is 5.84 Å². The van der Waals surface area contributed by atoms with E-state index in [0.29, 0.717) is 10.7 Å². The third-order valence-corrected chi connectivity index (χ3v) is 3.86. The highest BCUT2D eigenvalue weighted by Crippen LogP contribution is 2.31. The van der Waals surface area contributed by atoms with Gasteiger partial charge in [0.05, 0.1) is 0 Å². The van der Waals surface area contributed by atoms with Crippen LogP contribution >= 0.6 is 11.8 Å². The van der Waals surface area contributed by atoms with Gasteiger partial charge in [0.2, 0.25) is 0 Å². The lowest BCUT2D eigenvalue weighted by Gasteiger charge is -2.10. The second kappa shape index (κ2) is 5.92. The normalized spacial score (nSPS) is 11.7. The van der Waals surface area contributed by atoms with Crippen LogP contribution in [0.5, 0.6) is 0 Å². The van der Waals surface area contributed by atoms with Crippen molar-refractivity contribution in [2.75, 3.05) is 0 Å². The summed E-state index contributed by atoms with van der Waals surface area (Å²) in [5, 5.41) is 12.6. The van der Waals surface area contributed by atoms with Gasteiger partial charge in [0, 0.05) is 21.8 Å². The minimum absolute atomic E-state index is 0.0839. The lowest BCUT2D eigenvalue weighted by Crippen LogP contribution is -2.14. The number of hydrogen-bond acceptors (Lipinski definition) is 5. The fourth-order valence-corrected chi connectivity index (χ4v) is 2.95. The SMILES string of the molecule is Cc1cc(C)nc(Sc2c(C)cccc2/C(N)=N/O)n1. The topological polar surface area (TPSA) is 84.4 Å². The molecule has 3 N–H and O–H groups in total. The van der Waals surface area contributed by atoms with Gasteiger partial charge >= 0.3 is 0 Å². The number of nitrogens with zero attached hydrogens (tertiary/aromatic N) is 3. The molecule has 0 amide bonds. The van der Waals surface area contributed by atoms with Gasteiger partial charge in [0.1, 0.15) is 0 Å². The Hall–Kier alpha value is -2.08. The molecule has 0 aliphatic rings. The molecule has 0 radical (unpaired) electrons. The van der Waals surface area contributed by atoms with Crippen molar-refractivity contribution in [2.45, 2.75) is 30.8 Å². The molecule has 1 aromatic carbocycles. The average molecular weight is 288 g/mol.